The number of hydrogen-bond donors (Lipinski definition) is 1. The molecule has 7 nitrogen and oxygen atoms in total. The van der Waals surface area contributed by atoms with Crippen LogP contribution in [0.25, 0.3) is 11.0 Å². The van der Waals surface area contributed by atoms with Crippen LogP contribution in [-0.4, -0.2) is 32.8 Å². The van der Waals surface area contributed by atoms with Crippen LogP contribution in [0.1, 0.15) is 36.9 Å². The normalized spacial score (nSPS) is 14.0. The van der Waals surface area contributed by atoms with E-state index in [-0.39, 0.29) is 27.7 Å². The zero-order valence-electron chi connectivity index (χ0n) is 13.2. The van der Waals surface area contributed by atoms with Crippen LogP contribution in [0.2, 0.25) is 0 Å². The number of imide groups is 1. The number of nitrogens with zero attached hydrogens (tertiary/aromatic N) is 2. The quantitative estimate of drug-likeness (QED) is 0.696. The molecule has 2 heterocycles. The number of aromatic amines is 1. The lowest BCUT2D eigenvalue weighted by Crippen LogP contribution is -2.32. The van der Waals surface area contributed by atoms with Gasteiger partial charge in [-0.3, -0.25) is 9.59 Å². The van der Waals surface area contributed by atoms with Gasteiger partial charge in [-0.05, 0) is 30.3 Å². The van der Waals surface area contributed by atoms with Gasteiger partial charge in [0.05, 0.1) is 27.7 Å². The Morgan fingerprint density at radius 2 is 1.67 bits per heavy atom. The average Bonchev–Trinajstić information content (AvgIpc) is 3.17. The van der Waals surface area contributed by atoms with Crippen LogP contribution >= 0.6 is 0 Å². The minimum atomic E-state index is -4.67. The molecule has 0 saturated carbocycles. The highest BCUT2D eigenvalue weighted by Crippen LogP contribution is 2.29. The van der Waals surface area contributed by atoms with Crippen molar-refractivity contribution < 1.29 is 32.4 Å². The lowest BCUT2D eigenvalue weighted by atomic mass is 10.1. The van der Waals surface area contributed by atoms with Crippen LogP contribution in [-0.2, 0) is 11.0 Å². The molecule has 1 aliphatic heterocycles. The van der Waals surface area contributed by atoms with E-state index in [1.54, 1.807) is 12.1 Å². The summed E-state index contributed by atoms with van der Waals surface area (Å²) in [5.41, 5.74) is -0.0153. The fourth-order valence-corrected chi connectivity index (χ4v) is 2.66. The number of halogens is 3. The summed E-state index contributed by atoms with van der Waals surface area (Å²) in [4.78, 5) is 47.0. The van der Waals surface area contributed by atoms with Crippen molar-refractivity contribution in [1.29, 1.82) is 0 Å². The highest BCUT2D eigenvalue weighted by Gasteiger charge is 2.39. The Balaban J connectivity index is 1.60. The molecule has 27 heavy (non-hydrogen) atoms. The molecule has 0 radical (unpaired) electrons. The number of carbonyl (C=O) groups is 3. The summed E-state index contributed by atoms with van der Waals surface area (Å²) in [6, 6.07) is 9.42. The second-order valence-electron chi connectivity index (χ2n) is 5.64. The highest BCUT2D eigenvalue weighted by molar-refractivity contribution is 6.21. The Labute approximate surface area is 148 Å². The van der Waals surface area contributed by atoms with Gasteiger partial charge in [0.1, 0.15) is 0 Å². The molecule has 136 valence electrons. The smallest absolute Gasteiger partial charge is 0.334 e. The maximum atomic E-state index is 12.7. The molecule has 2 aromatic carbocycles. The van der Waals surface area contributed by atoms with Crippen molar-refractivity contribution in [3.8, 4) is 0 Å². The third-order valence-electron chi connectivity index (χ3n) is 3.92. The van der Waals surface area contributed by atoms with E-state index in [1.807, 2.05) is 0 Å². The minimum absolute atomic E-state index is 0.000365. The number of H-pyrrole nitrogens is 1. The lowest BCUT2D eigenvalue weighted by molar-refractivity contribution is -0.144. The van der Waals surface area contributed by atoms with E-state index >= 15 is 0 Å². The summed E-state index contributed by atoms with van der Waals surface area (Å²) in [5.74, 6) is -3.88. The monoisotopic (exact) mass is 375 g/mol. The molecule has 0 saturated heterocycles. The largest absolute Gasteiger partial charge is 0.449 e. The fourth-order valence-electron chi connectivity index (χ4n) is 2.66. The van der Waals surface area contributed by atoms with Crippen molar-refractivity contribution in [2.24, 2.45) is 0 Å². The van der Waals surface area contributed by atoms with Gasteiger partial charge in [-0.25, -0.2) is 9.78 Å². The third kappa shape index (κ3) is 2.71. The third-order valence-corrected chi connectivity index (χ3v) is 3.92. The topological polar surface area (TPSA) is 92.4 Å². The Morgan fingerprint density at radius 1 is 1.04 bits per heavy atom. The SMILES string of the molecule is O=C(ON1C(=O)c2ccccc2C1=O)c1ccc2nc(C(F)(F)F)[nH]c2c1. The molecule has 0 spiro atoms. The number of hydrogen-bond acceptors (Lipinski definition) is 5. The Bertz CT molecular complexity index is 1090. The first-order chi connectivity index (χ1) is 12.8. The summed E-state index contributed by atoms with van der Waals surface area (Å²) in [6.45, 7) is 0. The van der Waals surface area contributed by atoms with E-state index in [0.29, 0.717) is 5.06 Å². The maximum Gasteiger partial charge on any atom is 0.449 e. The van der Waals surface area contributed by atoms with E-state index in [2.05, 4.69) is 9.97 Å². The summed E-state index contributed by atoms with van der Waals surface area (Å²) in [5, 5.41) is 0.325. The molecule has 1 N–H and O–H groups in total. The molecule has 0 aliphatic carbocycles. The van der Waals surface area contributed by atoms with E-state index in [0.717, 1.165) is 6.07 Å². The van der Waals surface area contributed by atoms with E-state index < -0.39 is 29.8 Å². The van der Waals surface area contributed by atoms with Gasteiger partial charge < -0.3 is 9.82 Å². The number of imidazole rings is 1. The maximum absolute atomic E-state index is 12.7. The van der Waals surface area contributed by atoms with Gasteiger partial charge >= 0.3 is 12.1 Å². The molecule has 1 aliphatic rings. The molecule has 4 rings (SSSR count). The summed E-state index contributed by atoms with van der Waals surface area (Å²) in [6.07, 6.45) is -4.67. The minimum Gasteiger partial charge on any atom is -0.334 e. The number of hydroxylamine groups is 2. The van der Waals surface area contributed by atoms with Crippen molar-refractivity contribution in [3.05, 3.63) is 65.0 Å². The molecule has 0 unspecified atom stereocenters. The molecule has 2 amide bonds. The zero-order valence-corrected chi connectivity index (χ0v) is 13.2. The number of amides is 2. The van der Waals surface area contributed by atoms with Crippen molar-refractivity contribution in [2.45, 2.75) is 6.18 Å². The van der Waals surface area contributed by atoms with Crippen LogP contribution in [0.5, 0.6) is 0 Å². The van der Waals surface area contributed by atoms with Crippen LogP contribution in [0.15, 0.2) is 42.5 Å². The average molecular weight is 375 g/mol. The predicted molar refractivity (Wildman–Crippen MR) is 83.5 cm³/mol. The second-order valence-corrected chi connectivity index (χ2v) is 5.64. The highest BCUT2D eigenvalue weighted by atomic mass is 19.4. The number of carbonyl (C=O) groups excluding carboxylic acids is 3. The summed E-state index contributed by atoms with van der Waals surface area (Å²) < 4.78 is 38.1. The van der Waals surface area contributed by atoms with Crippen LogP contribution in [0.3, 0.4) is 0 Å². The number of nitrogens with one attached hydrogen (secondary N) is 1. The molecule has 10 heteroatoms. The number of aromatic nitrogens is 2. The van der Waals surface area contributed by atoms with Gasteiger partial charge in [0.25, 0.3) is 11.8 Å². The molecule has 0 atom stereocenters. The fraction of sp³-hybridized carbons (Fsp3) is 0.0588. The molecular weight excluding hydrogens is 367 g/mol. The van der Waals surface area contributed by atoms with Gasteiger partial charge in [-0.15, -0.1) is 0 Å². The van der Waals surface area contributed by atoms with Crippen LogP contribution in [0, 0.1) is 0 Å². The van der Waals surface area contributed by atoms with E-state index in [1.165, 1.54) is 24.3 Å². The van der Waals surface area contributed by atoms with Gasteiger partial charge in [0.15, 0.2) is 0 Å². The predicted octanol–water partition coefficient (Wildman–Crippen LogP) is 2.95. The van der Waals surface area contributed by atoms with Gasteiger partial charge in [0.2, 0.25) is 5.82 Å². The lowest BCUT2D eigenvalue weighted by Gasteiger charge is -2.12. The molecule has 0 fully saturated rings. The van der Waals surface area contributed by atoms with E-state index in [9.17, 15) is 27.6 Å². The summed E-state index contributed by atoms with van der Waals surface area (Å²) >= 11 is 0. The van der Waals surface area contributed by atoms with Crippen molar-refractivity contribution in [3.63, 3.8) is 0 Å². The Kier molecular flexibility index (Phi) is 3.51. The van der Waals surface area contributed by atoms with E-state index in [4.69, 9.17) is 4.84 Å². The van der Waals surface area contributed by atoms with Gasteiger partial charge in [0, 0.05) is 0 Å². The first-order valence-corrected chi connectivity index (χ1v) is 7.53. The second kappa shape index (κ2) is 5.66. The standard InChI is InChI=1S/C17H8F3N3O4/c18-17(19,20)16-21-11-6-5-8(7-12(11)22-16)15(26)27-23-13(24)9-3-1-2-4-10(9)14(23)25/h1-7H,(H,21,22). The number of rotatable bonds is 2. The molecule has 3 aromatic rings. The number of benzene rings is 2. The zero-order chi connectivity index (χ0) is 19.3. The molecule has 1 aromatic heterocycles. The number of fused-ring (bicyclic) bond motifs is 2. The van der Waals surface area contributed by atoms with Crippen molar-refractivity contribution >= 4 is 28.8 Å². The number of alkyl halides is 3. The van der Waals surface area contributed by atoms with Gasteiger partial charge in [-0.1, -0.05) is 17.2 Å². The van der Waals surface area contributed by atoms with Gasteiger partial charge in [-0.2, -0.15) is 13.2 Å². The first kappa shape index (κ1) is 16.8. The Morgan fingerprint density at radius 3 is 2.26 bits per heavy atom. The first-order valence-electron chi connectivity index (χ1n) is 7.53. The summed E-state index contributed by atoms with van der Waals surface area (Å²) in [7, 11) is 0. The van der Waals surface area contributed by atoms with Crippen LogP contribution in [0.4, 0.5) is 13.2 Å². The van der Waals surface area contributed by atoms with Crippen LogP contribution < -0.4 is 0 Å². The molecular formula is C17H8F3N3O4. The molecule has 0 bridgehead atoms. The Hall–Kier alpha value is -3.69. The van der Waals surface area contributed by atoms with Crippen molar-refractivity contribution in [2.75, 3.05) is 0 Å². The van der Waals surface area contributed by atoms with Crippen molar-refractivity contribution in [1.82, 2.24) is 15.0 Å².